The van der Waals surface area contributed by atoms with E-state index in [1.165, 1.54) is 0 Å². The highest BCUT2D eigenvalue weighted by atomic mass is 16.3. The van der Waals surface area contributed by atoms with E-state index in [2.05, 4.69) is 10.6 Å². The molecule has 2 rings (SSSR count). The predicted molar refractivity (Wildman–Crippen MR) is 76.4 cm³/mol. The number of benzene rings is 1. The number of aromatic hydroxyl groups is 1. The van der Waals surface area contributed by atoms with E-state index < -0.39 is 0 Å². The van der Waals surface area contributed by atoms with Crippen LogP contribution in [0.2, 0.25) is 0 Å². The molecule has 0 aliphatic heterocycles. The highest BCUT2D eigenvalue weighted by molar-refractivity contribution is 5.91. The van der Waals surface area contributed by atoms with Crippen LogP contribution in [-0.2, 0) is 9.59 Å². The Labute approximate surface area is 118 Å². The standard InChI is InChI=1S/C15H20N2O3/c1-10-9-12(18)6-7-13(10)17-14(19)3-2-8-16-15(20)11-4-5-11/h6-7,9,11,18H,2-5,8H2,1H3,(H,16,20)(H,17,19). The Bertz CT molecular complexity index is 510. The second-order valence-electron chi connectivity index (χ2n) is 5.22. The van der Waals surface area contributed by atoms with Gasteiger partial charge in [-0.25, -0.2) is 0 Å². The lowest BCUT2D eigenvalue weighted by Gasteiger charge is -2.09. The number of anilines is 1. The van der Waals surface area contributed by atoms with Crippen molar-refractivity contribution >= 4 is 17.5 Å². The molecule has 1 aromatic carbocycles. The average molecular weight is 276 g/mol. The molecular weight excluding hydrogens is 256 g/mol. The van der Waals surface area contributed by atoms with Gasteiger partial charge in [0.05, 0.1) is 0 Å². The van der Waals surface area contributed by atoms with Gasteiger partial charge in [-0.2, -0.15) is 0 Å². The molecule has 5 heteroatoms. The van der Waals surface area contributed by atoms with Crippen molar-refractivity contribution in [3.8, 4) is 5.75 Å². The molecule has 108 valence electrons. The fourth-order valence-corrected chi connectivity index (χ4v) is 1.95. The van der Waals surface area contributed by atoms with Gasteiger partial charge >= 0.3 is 0 Å². The maximum atomic E-state index is 11.8. The van der Waals surface area contributed by atoms with E-state index in [0.717, 1.165) is 18.4 Å². The molecule has 1 aliphatic carbocycles. The molecular formula is C15H20N2O3. The molecule has 2 amide bonds. The van der Waals surface area contributed by atoms with E-state index in [-0.39, 0.29) is 23.5 Å². The minimum Gasteiger partial charge on any atom is -0.508 e. The molecule has 1 aliphatic rings. The highest BCUT2D eigenvalue weighted by Gasteiger charge is 2.28. The number of hydrogen-bond donors (Lipinski definition) is 3. The third-order valence-corrected chi connectivity index (χ3v) is 3.31. The molecule has 1 aromatic rings. The molecule has 3 N–H and O–H groups in total. The van der Waals surface area contributed by atoms with Crippen molar-refractivity contribution < 1.29 is 14.7 Å². The molecule has 0 bridgehead atoms. The lowest BCUT2D eigenvalue weighted by molar-refractivity contribution is -0.122. The van der Waals surface area contributed by atoms with Crippen LogP contribution in [-0.4, -0.2) is 23.5 Å². The summed E-state index contributed by atoms with van der Waals surface area (Å²) in [6.45, 7) is 2.36. The first kappa shape index (κ1) is 14.4. The van der Waals surface area contributed by atoms with Crippen molar-refractivity contribution in [3.63, 3.8) is 0 Å². The first-order valence-corrected chi connectivity index (χ1v) is 6.93. The number of rotatable bonds is 6. The Morgan fingerprint density at radius 3 is 2.75 bits per heavy atom. The number of phenolic OH excluding ortho intramolecular Hbond substituents is 1. The summed E-state index contributed by atoms with van der Waals surface area (Å²) in [7, 11) is 0. The lowest BCUT2D eigenvalue weighted by atomic mass is 10.2. The summed E-state index contributed by atoms with van der Waals surface area (Å²) in [5.74, 6) is 0.422. The third-order valence-electron chi connectivity index (χ3n) is 3.31. The zero-order chi connectivity index (χ0) is 14.5. The minimum absolute atomic E-state index is 0.0838. The fourth-order valence-electron chi connectivity index (χ4n) is 1.95. The Balaban J connectivity index is 1.68. The van der Waals surface area contributed by atoms with Crippen LogP contribution in [0.1, 0.15) is 31.2 Å². The number of hydrogen-bond acceptors (Lipinski definition) is 3. The normalized spacial score (nSPS) is 13.8. The summed E-state index contributed by atoms with van der Waals surface area (Å²) in [5.41, 5.74) is 1.52. The van der Waals surface area contributed by atoms with Gasteiger partial charge in [-0.05, 0) is 49.9 Å². The van der Waals surface area contributed by atoms with E-state index >= 15 is 0 Å². The first-order valence-electron chi connectivity index (χ1n) is 6.93. The van der Waals surface area contributed by atoms with Crippen LogP contribution in [0, 0.1) is 12.8 Å². The van der Waals surface area contributed by atoms with Crippen molar-refractivity contribution in [2.75, 3.05) is 11.9 Å². The van der Waals surface area contributed by atoms with E-state index in [1.54, 1.807) is 18.2 Å². The molecule has 0 aromatic heterocycles. The van der Waals surface area contributed by atoms with Crippen molar-refractivity contribution in [2.24, 2.45) is 5.92 Å². The molecule has 1 fully saturated rings. The molecule has 20 heavy (non-hydrogen) atoms. The Morgan fingerprint density at radius 2 is 2.10 bits per heavy atom. The van der Waals surface area contributed by atoms with Gasteiger partial charge in [0.25, 0.3) is 0 Å². The first-order chi connectivity index (χ1) is 9.56. The zero-order valence-electron chi connectivity index (χ0n) is 11.6. The quantitative estimate of drug-likeness (QED) is 0.549. The summed E-state index contributed by atoms with van der Waals surface area (Å²) in [4.78, 5) is 23.1. The topological polar surface area (TPSA) is 78.4 Å². The van der Waals surface area contributed by atoms with Crippen LogP contribution in [0.15, 0.2) is 18.2 Å². The van der Waals surface area contributed by atoms with Gasteiger partial charge in [0.2, 0.25) is 11.8 Å². The molecule has 0 atom stereocenters. The number of phenols is 1. The van der Waals surface area contributed by atoms with Crippen LogP contribution in [0.3, 0.4) is 0 Å². The monoisotopic (exact) mass is 276 g/mol. The molecule has 0 unspecified atom stereocenters. The Morgan fingerprint density at radius 1 is 1.35 bits per heavy atom. The van der Waals surface area contributed by atoms with Gasteiger partial charge in [0.1, 0.15) is 5.75 Å². The molecule has 0 saturated heterocycles. The van der Waals surface area contributed by atoms with Crippen LogP contribution < -0.4 is 10.6 Å². The van der Waals surface area contributed by atoms with E-state index in [4.69, 9.17) is 0 Å². The van der Waals surface area contributed by atoms with E-state index in [9.17, 15) is 14.7 Å². The lowest BCUT2D eigenvalue weighted by Crippen LogP contribution is -2.26. The molecule has 0 radical (unpaired) electrons. The highest BCUT2D eigenvalue weighted by Crippen LogP contribution is 2.28. The number of carbonyl (C=O) groups is 2. The summed E-state index contributed by atoms with van der Waals surface area (Å²) >= 11 is 0. The largest absolute Gasteiger partial charge is 0.508 e. The third kappa shape index (κ3) is 4.26. The van der Waals surface area contributed by atoms with Gasteiger partial charge < -0.3 is 15.7 Å². The maximum Gasteiger partial charge on any atom is 0.224 e. The van der Waals surface area contributed by atoms with Crippen LogP contribution >= 0.6 is 0 Å². The van der Waals surface area contributed by atoms with Crippen molar-refractivity contribution in [2.45, 2.75) is 32.6 Å². The number of nitrogens with one attached hydrogen (secondary N) is 2. The second-order valence-corrected chi connectivity index (χ2v) is 5.22. The summed E-state index contributed by atoms with van der Waals surface area (Å²) in [5, 5.41) is 14.9. The maximum absolute atomic E-state index is 11.8. The molecule has 5 nitrogen and oxygen atoms in total. The molecule has 0 spiro atoms. The van der Waals surface area contributed by atoms with Gasteiger partial charge in [0.15, 0.2) is 0 Å². The number of carbonyl (C=O) groups excluding carboxylic acids is 2. The van der Waals surface area contributed by atoms with Crippen molar-refractivity contribution in [3.05, 3.63) is 23.8 Å². The SMILES string of the molecule is Cc1cc(O)ccc1NC(=O)CCCNC(=O)C1CC1. The summed E-state index contributed by atoms with van der Waals surface area (Å²) in [6.07, 6.45) is 2.98. The van der Waals surface area contributed by atoms with Gasteiger partial charge in [0, 0.05) is 24.6 Å². The average Bonchev–Trinajstić information content (AvgIpc) is 3.22. The van der Waals surface area contributed by atoms with Crippen molar-refractivity contribution in [1.29, 1.82) is 0 Å². The molecule has 0 heterocycles. The van der Waals surface area contributed by atoms with E-state index in [1.807, 2.05) is 6.92 Å². The second kappa shape index (κ2) is 6.41. The Kier molecular flexibility index (Phi) is 4.61. The van der Waals surface area contributed by atoms with Gasteiger partial charge in [-0.1, -0.05) is 0 Å². The van der Waals surface area contributed by atoms with Crippen LogP contribution in [0.25, 0.3) is 0 Å². The number of amides is 2. The van der Waals surface area contributed by atoms with Crippen LogP contribution in [0.5, 0.6) is 5.75 Å². The predicted octanol–water partition coefficient (Wildman–Crippen LogP) is 1.95. The summed E-state index contributed by atoms with van der Waals surface area (Å²) in [6, 6.07) is 4.82. The van der Waals surface area contributed by atoms with E-state index in [0.29, 0.717) is 25.1 Å². The smallest absolute Gasteiger partial charge is 0.224 e. The zero-order valence-corrected chi connectivity index (χ0v) is 11.6. The fraction of sp³-hybridized carbons (Fsp3) is 0.467. The minimum atomic E-state index is -0.0838. The van der Waals surface area contributed by atoms with Crippen LogP contribution in [0.4, 0.5) is 5.69 Å². The summed E-state index contributed by atoms with van der Waals surface area (Å²) < 4.78 is 0. The van der Waals surface area contributed by atoms with Gasteiger partial charge in [-0.3, -0.25) is 9.59 Å². The molecule has 1 saturated carbocycles. The van der Waals surface area contributed by atoms with Crippen molar-refractivity contribution in [1.82, 2.24) is 5.32 Å². The van der Waals surface area contributed by atoms with Gasteiger partial charge in [-0.15, -0.1) is 0 Å². The Hall–Kier alpha value is -2.04. The number of aryl methyl sites for hydroxylation is 1.